The van der Waals surface area contributed by atoms with Gasteiger partial charge in [-0.3, -0.25) is 4.79 Å². The summed E-state index contributed by atoms with van der Waals surface area (Å²) in [7, 11) is 3.03. The Kier molecular flexibility index (Phi) is 5.49. The highest BCUT2D eigenvalue weighted by molar-refractivity contribution is 6.00. The predicted octanol–water partition coefficient (Wildman–Crippen LogP) is 4.87. The topological polar surface area (TPSA) is 78.3 Å². The summed E-state index contributed by atoms with van der Waals surface area (Å²) in [5.74, 6) is -1.41. The van der Waals surface area contributed by atoms with E-state index in [4.69, 9.17) is 9.47 Å². The number of carbonyl (C=O) groups excluding carboxylic acids is 1. The number of halogens is 4. The minimum Gasteiger partial charge on any atom is -0.493 e. The van der Waals surface area contributed by atoms with Crippen LogP contribution in [-0.2, 0) is 11.0 Å². The van der Waals surface area contributed by atoms with Gasteiger partial charge in [0.1, 0.15) is 11.9 Å². The largest absolute Gasteiger partial charge is 0.493 e. The molecule has 2 heterocycles. The first-order chi connectivity index (χ1) is 16.7. The van der Waals surface area contributed by atoms with Crippen molar-refractivity contribution >= 4 is 11.7 Å². The van der Waals surface area contributed by atoms with Gasteiger partial charge in [-0.1, -0.05) is 18.2 Å². The number of benzene rings is 2. The summed E-state index contributed by atoms with van der Waals surface area (Å²) in [4.78, 5) is 17.1. The molecule has 35 heavy (non-hydrogen) atoms. The zero-order valence-corrected chi connectivity index (χ0v) is 18.7. The fourth-order valence-corrected chi connectivity index (χ4v) is 4.63. The Labute approximate surface area is 197 Å². The lowest BCUT2D eigenvalue weighted by molar-refractivity contribution is -0.145. The van der Waals surface area contributed by atoms with Gasteiger partial charge in [0, 0.05) is 17.7 Å². The molecule has 1 N–H and O–H groups in total. The standard InChI is InChI=1S/C24H20F4N4O3/c1-34-18-8-5-13(11-19(18)35-2)14-9-16-20(17(33)10-14)21(12-3-6-15(25)7-4-12)32-23(29-16)30-22(31-32)24(26,27)28/h3-8,11,14,21H,9-10H2,1-2H3,(H,29,30,31)/t14-,21-/m0/s1. The third kappa shape index (κ3) is 4.00. The van der Waals surface area contributed by atoms with Gasteiger partial charge in [0.05, 0.1) is 14.2 Å². The number of anilines is 1. The molecule has 2 atom stereocenters. The lowest BCUT2D eigenvalue weighted by Crippen LogP contribution is -2.33. The Bertz CT molecular complexity index is 1330. The van der Waals surface area contributed by atoms with Gasteiger partial charge in [0.2, 0.25) is 5.95 Å². The Hall–Kier alpha value is -3.89. The van der Waals surface area contributed by atoms with Crippen LogP contribution in [0.4, 0.5) is 23.5 Å². The summed E-state index contributed by atoms with van der Waals surface area (Å²) in [6, 6.07) is 9.64. The highest BCUT2D eigenvalue weighted by Crippen LogP contribution is 2.45. The third-order valence-electron chi connectivity index (χ3n) is 6.24. The van der Waals surface area contributed by atoms with E-state index in [9.17, 15) is 22.4 Å². The summed E-state index contributed by atoms with van der Waals surface area (Å²) in [5, 5.41) is 6.56. The van der Waals surface area contributed by atoms with E-state index in [2.05, 4.69) is 15.4 Å². The summed E-state index contributed by atoms with van der Waals surface area (Å²) < 4.78 is 65.5. The van der Waals surface area contributed by atoms with Gasteiger partial charge in [-0.05, 0) is 47.7 Å². The van der Waals surface area contributed by atoms with Crippen LogP contribution in [0, 0.1) is 5.82 Å². The fourth-order valence-electron chi connectivity index (χ4n) is 4.63. The molecule has 0 amide bonds. The van der Waals surface area contributed by atoms with E-state index in [1.165, 1.54) is 38.5 Å². The summed E-state index contributed by atoms with van der Waals surface area (Å²) in [5.41, 5.74) is 2.01. The van der Waals surface area contributed by atoms with E-state index in [1.54, 1.807) is 12.1 Å². The van der Waals surface area contributed by atoms with E-state index < -0.39 is 23.9 Å². The number of fused-ring (bicyclic) bond motifs is 1. The minimum atomic E-state index is -4.77. The number of hydrogen-bond acceptors (Lipinski definition) is 6. The van der Waals surface area contributed by atoms with Crippen molar-refractivity contribution in [1.29, 1.82) is 0 Å². The number of carbonyl (C=O) groups is 1. The monoisotopic (exact) mass is 488 g/mol. The molecule has 2 aliphatic rings. The molecule has 2 aromatic carbocycles. The van der Waals surface area contributed by atoms with Crippen molar-refractivity contribution in [2.75, 3.05) is 19.5 Å². The third-order valence-corrected chi connectivity index (χ3v) is 6.24. The predicted molar refractivity (Wildman–Crippen MR) is 117 cm³/mol. The molecule has 0 spiro atoms. The second-order valence-corrected chi connectivity index (χ2v) is 8.32. The van der Waals surface area contributed by atoms with Crippen LogP contribution in [0.5, 0.6) is 11.5 Å². The molecule has 0 fully saturated rings. The van der Waals surface area contributed by atoms with Gasteiger partial charge < -0.3 is 14.8 Å². The normalized spacial score (nSPS) is 19.7. The average Bonchev–Trinajstić information content (AvgIpc) is 3.27. The van der Waals surface area contributed by atoms with Gasteiger partial charge in [0.15, 0.2) is 17.3 Å². The van der Waals surface area contributed by atoms with E-state index >= 15 is 0 Å². The minimum absolute atomic E-state index is 0.129. The molecular formula is C24H20F4N4O3. The van der Waals surface area contributed by atoms with E-state index in [-0.39, 0.29) is 24.1 Å². The number of aromatic nitrogens is 3. The molecule has 0 saturated carbocycles. The van der Waals surface area contributed by atoms with Crippen molar-refractivity contribution in [3.63, 3.8) is 0 Å². The lowest BCUT2D eigenvalue weighted by Gasteiger charge is -2.35. The van der Waals surface area contributed by atoms with Crippen molar-refractivity contribution in [2.24, 2.45) is 0 Å². The maximum absolute atomic E-state index is 13.6. The number of Topliss-reactive ketones (excluding diaryl/α,β-unsaturated/α-hetero) is 1. The first-order valence-corrected chi connectivity index (χ1v) is 10.7. The van der Waals surface area contributed by atoms with Crippen LogP contribution in [0.2, 0.25) is 0 Å². The molecule has 11 heteroatoms. The van der Waals surface area contributed by atoms with Crippen LogP contribution >= 0.6 is 0 Å². The van der Waals surface area contributed by atoms with Gasteiger partial charge in [-0.25, -0.2) is 9.07 Å². The maximum Gasteiger partial charge on any atom is 0.453 e. The van der Waals surface area contributed by atoms with Crippen molar-refractivity contribution in [3.05, 3.63) is 76.5 Å². The smallest absolute Gasteiger partial charge is 0.453 e. The number of nitrogens with zero attached hydrogens (tertiary/aromatic N) is 3. The van der Waals surface area contributed by atoms with E-state index in [0.29, 0.717) is 34.8 Å². The molecule has 0 radical (unpaired) electrons. The summed E-state index contributed by atoms with van der Waals surface area (Å²) in [6.07, 6.45) is -4.29. The first-order valence-electron chi connectivity index (χ1n) is 10.7. The zero-order valence-electron chi connectivity index (χ0n) is 18.7. The van der Waals surface area contributed by atoms with Crippen LogP contribution < -0.4 is 14.8 Å². The Morgan fingerprint density at radius 3 is 2.34 bits per heavy atom. The Morgan fingerprint density at radius 2 is 1.69 bits per heavy atom. The van der Waals surface area contributed by atoms with Crippen LogP contribution in [0.25, 0.3) is 0 Å². The molecule has 7 nitrogen and oxygen atoms in total. The quantitative estimate of drug-likeness (QED) is 0.528. The molecule has 182 valence electrons. The number of alkyl halides is 3. The molecule has 5 rings (SSSR count). The molecule has 3 aromatic rings. The summed E-state index contributed by atoms with van der Waals surface area (Å²) >= 11 is 0. The molecule has 1 aromatic heterocycles. The molecule has 0 saturated heterocycles. The lowest BCUT2D eigenvalue weighted by atomic mass is 9.78. The molecular weight excluding hydrogens is 468 g/mol. The van der Waals surface area contributed by atoms with Crippen molar-refractivity contribution < 1.29 is 31.8 Å². The van der Waals surface area contributed by atoms with E-state index in [0.717, 1.165) is 10.2 Å². The molecule has 0 unspecified atom stereocenters. The fraction of sp³-hybridized carbons (Fsp3) is 0.292. The van der Waals surface area contributed by atoms with Gasteiger partial charge in [-0.15, -0.1) is 5.10 Å². The van der Waals surface area contributed by atoms with Gasteiger partial charge in [-0.2, -0.15) is 18.2 Å². The number of rotatable bonds is 4. The summed E-state index contributed by atoms with van der Waals surface area (Å²) in [6.45, 7) is 0. The maximum atomic E-state index is 13.6. The average molecular weight is 488 g/mol. The van der Waals surface area contributed by atoms with Crippen LogP contribution in [0.3, 0.4) is 0 Å². The van der Waals surface area contributed by atoms with Crippen LogP contribution in [0.1, 0.15) is 41.8 Å². The van der Waals surface area contributed by atoms with Crippen molar-refractivity contribution in [2.45, 2.75) is 31.0 Å². The van der Waals surface area contributed by atoms with Crippen LogP contribution in [0.15, 0.2) is 53.7 Å². The van der Waals surface area contributed by atoms with Crippen LogP contribution in [-0.4, -0.2) is 34.8 Å². The first kappa shape index (κ1) is 22.9. The molecule has 1 aliphatic heterocycles. The van der Waals surface area contributed by atoms with Gasteiger partial charge in [0.25, 0.3) is 5.82 Å². The number of nitrogens with one attached hydrogen (secondary N) is 1. The second kappa shape index (κ2) is 8.40. The number of allylic oxidation sites excluding steroid dienone is 2. The zero-order chi connectivity index (χ0) is 24.9. The SMILES string of the molecule is COc1ccc([C@@H]2CC(=O)C3=C(C2)Nc2nc(C(F)(F)F)nn2[C@H]3c2ccc(F)cc2)cc1OC. The van der Waals surface area contributed by atoms with Crippen molar-refractivity contribution in [1.82, 2.24) is 14.8 Å². The molecule has 1 aliphatic carbocycles. The second-order valence-electron chi connectivity index (χ2n) is 8.32. The van der Waals surface area contributed by atoms with Crippen molar-refractivity contribution in [3.8, 4) is 11.5 Å². The highest BCUT2D eigenvalue weighted by Gasteiger charge is 2.43. The van der Waals surface area contributed by atoms with Gasteiger partial charge >= 0.3 is 6.18 Å². The molecule has 0 bridgehead atoms. The number of ether oxygens (including phenoxy) is 2. The Morgan fingerprint density at radius 1 is 1.00 bits per heavy atom. The number of methoxy groups -OCH3 is 2. The Balaban J connectivity index is 1.59. The number of hydrogen-bond donors (Lipinski definition) is 1. The highest BCUT2D eigenvalue weighted by atomic mass is 19.4. The van der Waals surface area contributed by atoms with E-state index in [1.807, 2.05) is 6.07 Å². The number of ketones is 1.